The molecule has 19 heavy (non-hydrogen) atoms. The van der Waals surface area contributed by atoms with E-state index in [-0.39, 0.29) is 23.3 Å². The first-order valence-electron chi connectivity index (χ1n) is 5.51. The molecule has 0 saturated heterocycles. The summed E-state index contributed by atoms with van der Waals surface area (Å²) in [6.45, 7) is -2.55. The van der Waals surface area contributed by atoms with Gasteiger partial charge in [0.25, 0.3) is 0 Å². The van der Waals surface area contributed by atoms with Crippen LogP contribution in [-0.4, -0.2) is 32.1 Å². The highest BCUT2D eigenvalue weighted by Crippen LogP contribution is 2.29. The Hall–Kier alpha value is -1.56. The Kier molecular flexibility index (Phi) is 6.35. The van der Waals surface area contributed by atoms with Crippen LogP contribution in [0.15, 0.2) is 18.2 Å². The number of nitrogens with one attached hydrogen (secondary N) is 1. The van der Waals surface area contributed by atoms with Crippen LogP contribution in [0.25, 0.3) is 0 Å². The Labute approximate surface area is 114 Å². The molecule has 0 atom stereocenters. The standard InChI is InChI=1S/C12H14ClF2NO3/c1-18-9-3-2-8(4-5-16-11(17)7-13)6-10(9)19-12(14)15/h2-3,6,12H,4-5,7H2,1H3,(H,16,17). The molecule has 0 aliphatic rings. The van der Waals surface area contributed by atoms with Gasteiger partial charge >= 0.3 is 6.61 Å². The number of ether oxygens (including phenoxy) is 2. The average molecular weight is 294 g/mol. The number of rotatable bonds is 7. The monoisotopic (exact) mass is 293 g/mol. The summed E-state index contributed by atoms with van der Waals surface area (Å²) in [7, 11) is 1.37. The molecule has 0 radical (unpaired) electrons. The molecule has 4 nitrogen and oxygen atoms in total. The summed E-state index contributed by atoms with van der Waals surface area (Å²) in [6.07, 6.45) is 0.478. The number of hydrogen-bond donors (Lipinski definition) is 1. The van der Waals surface area contributed by atoms with Crippen molar-refractivity contribution in [2.24, 2.45) is 0 Å². The lowest BCUT2D eigenvalue weighted by Crippen LogP contribution is -2.26. The van der Waals surface area contributed by atoms with Crippen molar-refractivity contribution in [1.29, 1.82) is 0 Å². The van der Waals surface area contributed by atoms with Crippen LogP contribution < -0.4 is 14.8 Å². The van der Waals surface area contributed by atoms with Crippen molar-refractivity contribution in [3.8, 4) is 11.5 Å². The second kappa shape index (κ2) is 7.78. The molecule has 0 heterocycles. The van der Waals surface area contributed by atoms with Crippen molar-refractivity contribution < 1.29 is 23.0 Å². The van der Waals surface area contributed by atoms with E-state index < -0.39 is 6.61 Å². The topological polar surface area (TPSA) is 47.6 Å². The smallest absolute Gasteiger partial charge is 0.387 e. The van der Waals surface area contributed by atoms with E-state index in [1.165, 1.54) is 19.2 Å². The van der Waals surface area contributed by atoms with E-state index >= 15 is 0 Å². The first kappa shape index (κ1) is 15.5. The normalized spacial score (nSPS) is 10.4. The molecular formula is C12H14ClF2NO3. The lowest BCUT2D eigenvalue weighted by Gasteiger charge is -2.11. The molecule has 1 rings (SSSR count). The number of benzene rings is 1. The molecule has 0 aliphatic heterocycles. The van der Waals surface area contributed by atoms with Gasteiger partial charge in [-0.3, -0.25) is 4.79 Å². The number of alkyl halides is 3. The molecule has 0 saturated carbocycles. The Balaban J connectivity index is 2.66. The van der Waals surface area contributed by atoms with E-state index in [1.54, 1.807) is 6.07 Å². The molecule has 0 spiro atoms. The Morgan fingerprint density at radius 2 is 2.16 bits per heavy atom. The molecular weight excluding hydrogens is 280 g/mol. The van der Waals surface area contributed by atoms with Crippen molar-refractivity contribution in [3.05, 3.63) is 23.8 Å². The molecule has 1 aromatic carbocycles. The predicted molar refractivity (Wildman–Crippen MR) is 67.1 cm³/mol. The van der Waals surface area contributed by atoms with Crippen LogP contribution in [0, 0.1) is 0 Å². The number of hydrogen-bond acceptors (Lipinski definition) is 3. The largest absolute Gasteiger partial charge is 0.493 e. The Morgan fingerprint density at radius 1 is 1.42 bits per heavy atom. The number of carbonyl (C=O) groups is 1. The number of carbonyl (C=O) groups excluding carboxylic acids is 1. The van der Waals surface area contributed by atoms with Crippen LogP contribution in [0.5, 0.6) is 11.5 Å². The maximum Gasteiger partial charge on any atom is 0.387 e. The molecule has 1 amide bonds. The molecule has 0 aliphatic carbocycles. The summed E-state index contributed by atoms with van der Waals surface area (Å²) in [5.41, 5.74) is 0.742. The van der Waals surface area contributed by atoms with E-state index in [0.29, 0.717) is 13.0 Å². The van der Waals surface area contributed by atoms with Crippen LogP contribution in [-0.2, 0) is 11.2 Å². The third-order valence-corrected chi connectivity index (χ3v) is 2.54. The van der Waals surface area contributed by atoms with Crippen LogP contribution in [0.2, 0.25) is 0 Å². The Morgan fingerprint density at radius 3 is 2.74 bits per heavy atom. The van der Waals surface area contributed by atoms with Gasteiger partial charge in [0.2, 0.25) is 5.91 Å². The summed E-state index contributed by atoms with van der Waals surface area (Å²) in [5.74, 6) is -0.186. The molecule has 7 heteroatoms. The maximum atomic E-state index is 12.2. The summed E-state index contributed by atoms with van der Waals surface area (Å²) in [5, 5.41) is 2.58. The lowest BCUT2D eigenvalue weighted by atomic mass is 10.1. The van der Waals surface area contributed by atoms with Gasteiger partial charge in [0.1, 0.15) is 5.88 Å². The van der Waals surface area contributed by atoms with E-state index in [2.05, 4.69) is 10.1 Å². The summed E-state index contributed by atoms with van der Waals surface area (Å²) >= 11 is 5.32. The molecule has 0 fully saturated rings. The highest BCUT2D eigenvalue weighted by molar-refractivity contribution is 6.27. The van der Waals surface area contributed by atoms with E-state index in [9.17, 15) is 13.6 Å². The summed E-state index contributed by atoms with van der Waals surface area (Å²) in [6, 6.07) is 4.71. The number of amides is 1. The van der Waals surface area contributed by atoms with Gasteiger partial charge in [-0.15, -0.1) is 11.6 Å². The van der Waals surface area contributed by atoms with Crippen LogP contribution in [0.4, 0.5) is 8.78 Å². The van der Waals surface area contributed by atoms with Crippen molar-refractivity contribution in [2.45, 2.75) is 13.0 Å². The van der Waals surface area contributed by atoms with Gasteiger partial charge in [0, 0.05) is 6.54 Å². The zero-order chi connectivity index (χ0) is 14.3. The minimum Gasteiger partial charge on any atom is -0.493 e. The summed E-state index contributed by atoms with van der Waals surface area (Å²) in [4.78, 5) is 10.9. The second-order valence-electron chi connectivity index (χ2n) is 3.60. The molecule has 0 bridgehead atoms. The van der Waals surface area contributed by atoms with Gasteiger partial charge in [-0.1, -0.05) is 6.07 Å². The van der Waals surface area contributed by atoms with Crippen molar-refractivity contribution in [3.63, 3.8) is 0 Å². The summed E-state index contributed by atoms with van der Waals surface area (Å²) < 4.78 is 33.7. The van der Waals surface area contributed by atoms with E-state index in [4.69, 9.17) is 16.3 Å². The third kappa shape index (κ3) is 5.30. The predicted octanol–water partition coefficient (Wildman–Crippen LogP) is 2.19. The van der Waals surface area contributed by atoms with Gasteiger partial charge in [-0.05, 0) is 24.1 Å². The highest BCUT2D eigenvalue weighted by atomic mass is 35.5. The van der Waals surface area contributed by atoms with Crippen LogP contribution in [0.3, 0.4) is 0 Å². The molecule has 0 unspecified atom stereocenters. The lowest BCUT2D eigenvalue weighted by molar-refractivity contribution is -0.118. The van der Waals surface area contributed by atoms with Crippen molar-refractivity contribution in [2.75, 3.05) is 19.5 Å². The van der Waals surface area contributed by atoms with E-state index in [1.807, 2.05) is 0 Å². The number of halogens is 3. The SMILES string of the molecule is COc1ccc(CCNC(=O)CCl)cc1OC(F)F. The molecule has 106 valence electrons. The van der Waals surface area contributed by atoms with Gasteiger partial charge in [-0.25, -0.2) is 0 Å². The average Bonchev–Trinajstić information content (AvgIpc) is 2.38. The fourth-order valence-electron chi connectivity index (χ4n) is 1.46. The van der Waals surface area contributed by atoms with E-state index in [0.717, 1.165) is 5.56 Å². The fraction of sp³-hybridized carbons (Fsp3) is 0.417. The van der Waals surface area contributed by atoms with Gasteiger partial charge in [-0.2, -0.15) is 8.78 Å². The quantitative estimate of drug-likeness (QED) is 0.784. The van der Waals surface area contributed by atoms with Crippen LogP contribution in [0.1, 0.15) is 5.56 Å². The third-order valence-electron chi connectivity index (χ3n) is 2.30. The molecule has 1 N–H and O–H groups in total. The molecule has 0 aromatic heterocycles. The zero-order valence-corrected chi connectivity index (χ0v) is 11.0. The first-order valence-corrected chi connectivity index (χ1v) is 6.04. The van der Waals surface area contributed by atoms with Gasteiger partial charge in [0.05, 0.1) is 7.11 Å². The van der Waals surface area contributed by atoms with Crippen molar-refractivity contribution >= 4 is 17.5 Å². The minimum atomic E-state index is -2.92. The van der Waals surface area contributed by atoms with Gasteiger partial charge in [0.15, 0.2) is 11.5 Å². The maximum absolute atomic E-state index is 12.2. The Bertz CT molecular complexity index is 429. The zero-order valence-electron chi connectivity index (χ0n) is 10.3. The molecule has 1 aromatic rings. The highest BCUT2D eigenvalue weighted by Gasteiger charge is 2.11. The first-order chi connectivity index (χ1) is 9.06. The van der Waals surface area contributed by atoms with Gasteiger partial charge < -0.3 is 14.8 Å². The van der Waals surface area contributed by atoms with Crippen LogP contribution >= 0.6 is 11.6 Å². The minimum absolute atomic E-state index is 0.0290. The number of methoxy groups -OCH3 is 1. The second-order valence-corrected chi connectivity index (χ2v) is 3.86. The fourth-order valence-corrected chi connectivity index (χ4v) is 1.55. The van der Waals surface area contributed by atoms with Crippen molar-refractivity contribution in [1.82, 2.24) is 5.32 Å².